The van der Waals surface area contributed by atoms with E-state index in [1.54, 1.807) is 13.8 Å². The maximum atomic E-state index is 12.3. The van der Waals surface area contributed by atoms with Crippen LogP contribution in [0.15, 0.2) is 24.8 Å². The number of esters is 1. The van der Waals surface area contributed by atoms with Crippen molar-refractivity contribution in [3.8, 4) is 0 Å². The molecule has 1 amide bonds. The fourth-order valence-electron chi connectivity index (χ4n) is 3.26. The largest absolute Gasteiger partial charge is 0.461 e. The Bertz CT molecular complexity index is 513. The van der Waals surface area contributed by atoms with Gasteiger partial charge in [-0.15, -0.1) is 0 Å². The number of hydrogen-bond donors (Lipinski definition) is 3. The van der Waals surface area contributed by atoms with Crippen molar-refractivity contribution in [2.75, 3.05) is 13.2 Å². The fraction of sp³-hybridized carbons (Fsp3) is 0.647. The average molecular weight is 323 g/mol. The van der Waals surface area contributed by atoms with Crippen molar-refractivity contribution >= 4 is 11.9 Å². The Labute approximate surface area is 136 Å². The number of rotatable bonds is 7. The van der Waals surface area contributed by atoms with Gasteiger partial charge in [0.25, 0.3) is 0 Å². The van der Waals surface area contributed by atoms with Gasteiger partial charge in [0.1, 0.15) is 12.7 Å². The van der Waals surface area contributed by atoms with Gasteiger partial charge in [-0.2, -0.15) is 0 Å². The quantitative estimate of drug-likeness (QED) is 0.466. The second-order valence-electron chi connectivity index (χ2n) is 6.98. The van der Waals surface area contributed by atoms with E-state index in [9.17, 15) is 19.8 Å². The number of hydrogen-bond acceptors (Lipinski definition) is 5. The molecule has 5 atom stereocenters. The molecule has 6 nitrogen and oxygen atoms in total. The molecule has 1 unspecified atom stereocenters. The summed E-state index contributed by atoms with van der Waals surface area (Å²) in [6, 6.07) is -0.390. The number of aliphatic hydroxyl groups is 2. The van der Waals surface area contributed by atoms with Crippen molar-refractivity contribution in [2.45, 2.75) is 32.4 Å². The van der Waals surface area contributed by atoms with Crippen LogP contribution in [0.5, 0.6) is 0 Å². The van der Waals surface area contributed by atoms with Crippen LogP contribution >= 0.6 is 0 Å². The van der Waals surface area contributed by atoms with Crippen molar-refractivity contribution in [3.05, 3.63) is 24.8 Å². The van der Waals surface area contributed by atoms with Crippen LogP contribution in [0.1, 0.15) is 20.3 Å². The number of fused-ring (bicyclic) bond motifs is 2. The molecule has 128 valence electrons. The Balaban J connectivity index is 2.08. The Hall–Kier alpha value is -1.66. The van der Waals surface area contributed by atoms with E-state index in [1.807, 2.05) is 12.2 Å². The van der Waals surface area contributed by atoms with Gasteiger partial charge in [-0.05, 0) is 18.3 Å². The summed E-state index contributed by atoms with van der Waals surface area (Å²) in [4.78, 5) is 24.5. The summed E-state index contributed by atoms with van der Waals surface area (Å²) in [6.45, 7) is 6.55. The smallest absolute Gasteiger partial charge is 0.311 e. The molecule has 0 radical (unpaired) electrons. The molecule has 2 rings (SSSR count). The molecular formula is C17H25NO5. The van der Waals surface area contributed by atoms with Crippen LogP contribution in [0.25, 0.3) is 0 Å². The lowest BCUT2D eigenvalue weighted by Gasteiger charge is -2.32. The SMILES string of the molecule is C=CCOC(=O)[C@H]1C2C=C[C@@H](C2)[C@H]1NC(=O)[C@H](O)C(C)(C)CO. The maximum Gasteiger partial charge on any atom is 0.311 e. The van der Waals surface area contributed by atoms with Crippen molar-refractivity contribution < 1.29 is 24.5 Å². The van der Waals surface area contributed by atoms with Gasteiger partial charge in [0.15, 0.2) is 0 Å². The van der Waals surface area contributed by atoms with E-state index < -0.39 is 23.3 Å². The third-order valence-corrected chi connectivity index (χ3v) is 4.78. The molecule has 0 aromatic carbocycles. The summed E-state index contributed by atoms with van der Waals surface area (Å²) in [5.74, 6) is -1.27. The van der Waals surface area contributed by atoms with Gasteiger partial charge in [0.2, 0.25) is 5.91 Å². The molecule has 0 aromatic rings. The fourth-order valence-corrected chi connectivity index (χ4v) is 3.26. The minimum absolute atomic E-state index is 0.0469. The molecule has 0 spiro atoms. The normalized spacial score (nSPS) is 30.1. The first-order chi connectivity index (χ1) is 10.8. The third kappa shape index (κ3) is 3.48. The molecule has 2 aliphatic carbocycles. The molecule has 2 aliphatic rings. The summed E-state index contributed by atoms with van der Waals surface area (Å²) in [7, 11) is 0. The highest BCUT2D eigenvalue weighted by atomic mass is 16.5. The van der Waals surface area contributed by atoms with E-state index in [0.29, 0.717) is 0 Å². The van der Waals surface area contributed by atoms with Crippen LogP contribution in [0, 0.1) is 23.2 Å². The average Bonchev–Trinajstić information content (AvgIpc) is 3.12. The highest BCUT2D eigenvalue weighted by Gasteiger charge is 2.50. The molecule has 6 heteroatoms. The Morgan fingerprint density at radius 3 is 2.70 bits per heavy atom. The summed E-state index contributed by atoms with van der Waals surface area (Å²) in [6.07, 6.45) is 4.93. The number of allylic oxidation sites excluding steroid dienone is 1. The summed E-state index contributed by atoms with van der Waals surface area (Å²) >= 11 is 0. The van der Waals surface area contributed by atoms with Crippen molar-refractivity contribution in [1.82, 2.24) is 5.32 Å². The molecule has 23 heavy (non-hydrogen) atoms. The minimum atomic E-state index is -1.35. The highest BCUT2D eigenvalue weighted by molar-refractivity contribution is 5.83. The second kappa shape index (κ2) is 6.84. The van der Waals surface area contributed by atoms with Gasteiger partial charge in [0.05, 0.1) is 12.5 Å². The van der Waals surface area contributed by atoms with Crippen LogP contribution in [-0.4, -0.2) is 47.4 Å². The lowest BCUT2D eigenvalue weighted by molar-refractivity contribution is -0.150. The Morgan fingerprint density at radius 2 is 2.09 bits per heavy atom. The van der Waals surface area contributed by atoms with E-state index in [4.69, 9.17) is 4.74 Å². The van der Waals surface area contributed by atoms with Crippen LogP contribution < -0.4 is 5.32 Å². The zero-order valence-corrected chi connectivity index (χ0v) is 13.6. The van der Waals surface area contributed by atoms with Gasteiger partial charge in [-0.1, -0.05) is 38.7 Å². The van der Waals surface area contributed by atoms with Gasteiger partial charge >= 0.3 is 5.97 Å². The first-order valence-corrected chi connectivity index (χ1v) is 7.87. The first-order valence-electron chi connectivity index (χ1n) is 7.87. The maximum absolute atomic E-state index is 12.3. The second-order valence-corrected chi connectivity index (χ2v) is 6.98. The first kappa shape index (κ1) is 17.7. The lowest BCUT2D eigenvalue weighted by atomic mass is 9.85. The minimum Gasteiger partial charge on any atom is -0.461 e. The zero-order valence-electron chi connectivity index (χ0n) is 13.6. The van der Waals surface area contributed by atoms with Crippen LogP contribution in [0.4, 0.5) is 0 Å². The monoisotopic (exact) mass is 323 g/mol. The van der Waals surface area contributed by atoms with E-state index in [1.165, 1.54) is 6.08 Å². The predicted molar refractivity (Wildman–Crippen MR) is 84.2 cm³/mol. The van der Waals surface area contributed by atoms with Gasteiger partial charge < -0.3 is 20.3 Å². The summed E-state index contributed by atoms with van der Waals surface area (Å²) < 4.78 is 5.14. The number of carbonyl (C=O) groups is 2. The summed E-state index contributed by atoms with van der Waals surface area (Å²) in [5.41, 5.74) is -0.948. The molecule has 1 fully saturated rings. The van der Waals surface area contributed by atoms with Crippen molar-refractivity contribution in [3.63, 3.8) is 0 Å². The number of nitrogens with one attached hydrogen (secondary N) is 1. The molecule has 3 N–H and O–H groups in total. The van der Waals surface area contributed by atoms with Gasteiger partial charge in [0, 0.05) is 11.5 Å². The van der Waals surface area contributed by atoms with E-state index >= 15 is 0 Å². The predicted octanol–water partition coefficient (Wildman–Crippen LogP) is 0.402. The molecule has 0 saturated heterocycles. The van der Waals surface area contributed by atoms with Gasteiger partial charge in [-0.3, -0.25) is 9.59 Å². The molecule has 1 saturated carbocycles. The van der Waals surface area contributed by atoms with E-state index in [2.05, 4.69) is 11.9 Å². The number of amides is 1. The molecule has 0 aromatic heterocycles. The van der Waals surface area contributed by atoms with Crippen LogP contribution in [-0.2, 0) is 14.3 Å². The van der Waals surface area contributed by atoms with Crippen LogP contribution in [0.2, 0.25) is 0 Å². The summed E-state index contributed by atoms with van der Waals surface area (Å²) in [5, 5.41) is 22.2. The molecular weight excluding hydrogens is 298 g/mol. The molecule has 2 bridgehead atoms. The van der Waals surface area contributed by atoms with Crippen molar-refractivity contribution in [2.24, 2.45) is 23.2 Å². The lowest BCUT2D eigenvalue weighted by Crippen LogP contribution is -2.53. The van der Waals surface area contributed by atoms with Gasteiger partial charge in [-0.25, -0.2) is 0 Å². The third-order valence-electron chi connectivity index (χ3n) is 4.78. The number of ether oxygens (including phenoxy) is 1. The van der Waals surface area contributed by atoms with Crippen molar-refractivity contribution in [1.29, 1.82) is 0 Å². The van der Waals surface area contributed by atoms with Crippen LogP contribution in [0.3, 0.4) is 0 Å². The van der Waals surface area contributed by atoms with E-state index in [-0.39, 0.29) is 37.1 Å². The number of aliphatic hydroxyl groups excluding tert-OH is 2. The van der Waals surface area contributed by atoms with E-state index in [0.717, 1.165) is 6.42 Å². The standard InChI is InChI=1S/C17H25NO5/c1-4-7-23-16(22)12-10-5-6-11(8-10)13(12)18-15(21)14(20)17(2,3)9-19/h4-6,10-14,19-20H,1,7-9H2,2-3H3,(H,18,21)/t10?,11-,12-,13+,14-/m0/s1. The molecule has 0 aliphatic heterocycles. The topological polar surface area (TPSA) is 95.9 Å². The highest BCUT2D eigenvalue weighted by Crippen LogP contribution is 2.44. The zero-order chi connectivity index (χ0) is 17.2. The molecule has 0 heterocycles. The Morgan fingerprint density at radius 1 is 1.43 bits per heavy atom. The Kier molecular flexibility index (Phi) is 5.26. The number of carbonyl (C=O) groups excluding carboxylic acids is 2.